The first-order valence-electron chi connectivity index (χ1n) is 6.61. The first kappa shape index (κ1) is 18.4. The van der Waals surface area contributed by atoms with Crippen LogP contribution in [0.15, 0.2) is 30.3 Å². The van der Waals surface area contributed by atoms with Gasteiger partial charge in [0.2, 0.25) is 13.5 Å². The van der Waals surface area contributed by atoms with E-state index in [0.29, 0.717) is 19.6 Å². The van der Waals surface area contributed by atoms with Crippen molar-refractivity contribution in [1.82, 2.24) is 0 Å². The molecule has 0 aromatic heterocycles. The minimum atomic E-state index is -4.63. The van der Waals surface area contributed by atoms with Crippen LogP contribution in [0.3, 0.4) is 0 Å². The van der Waals surface area contributed by atoms with Crippen molar-refractivity contribution >= 4 is 16.1 Å². The molecule has 0 aliphatic rings. The Hall–Kier alpha value is -0.610. The van der Waals surface area contributed by atoms with Crippen molar-refractivity contribution in [3.8, 4) is 0 Å². The SMILES string of the molecule is CCOC(CCCOCc1ccccc1)(P=O)P(=O)(O)O. The van der Waals surface area contributed by atoms with Crippen LogP contribution in [-0.2, 0) is 25.2 Å². The summed E-state index contributed by atoms with van der Waals surface area (Å²) in [5.41, 5.74) is 1.02. The lowest BCUT2D eigenvalue weighted by Gasteiger charge is -2.27. The van der Waals surface area contributed by atoms with Gasteiger partial charge < -0.3 is 19.3 Å². The highest BCUT2D eigenvalue weighted by molar-refractivity contribution is 7.63. The highest BCUT2D eigenvalue weighted by Gasteiger charge is 2.49. The van der Waals surface area contributed by atoms with Gasteiger partial charge in [0.1, 0.15) is 0 Å². The van der Waals surface area contributed by atoms with Gasteiger partial charge in [-0.2, -0.15) is 0 Å². The van der Waals surface area contributed by atoms with Crippen molar-refractivity contribution in [2.24, 2.45) is 0 Å². The maximum atomic E-state index is 11.5. The monoisotopic (exact) mass is 334 g/mol. The average molecular weight is 334 g/mol. The largest absolute Gasteiger partial charge is 0.377 e. The number of hydrogen-bond donors (Lipinski definition) is 2. The predicted molar refractivity (Wildman–Crippen MR) is 79.3 cm³/mol. The van der Waals surface area contributed by atoms with E-state index in [1.54, 1.807) is 6.92 Å². The van der Waals surface area contributed by atoms with Crippen LogP contribution in [0.1, 0.15) is 25.3 Å². The lowest BCUT2D eigenvalue weighted by atomic mass is 10.2. The molecule has 1 atom stereocenters. The summed E-state index contributed by atoms with van der Waals surface area (Å²) in [5.74, 6) is 0. The molecule has 0 bridgehead atoms. The van der Waals surface area contributed by atoms with E-state index in [2.05, 4.69) is 0 Å². The first-order valence-corrected chi connectivity index (χ1v) is 9.03. The Morgan fingerprint density at radius 1 is 1.29 bits per heavy atom. The molecule has 1 rings (SSSR count). The molecule has 21 heavy (non-hydrogen) atoms. The van der Waals surface area contributed by atoms with Crippen molar-refractivity contribution < 1.29 is 28.4 Å². The van der Waals surface area contributed by atoms with Crippen molar-refractivity contribution in [3.05, 3.63) is 35.9 Å². The molecule has 2 N–H and O–H groups in total. The fourth-order valence-electron chi connectivity index (χ4n) is 1.83. The Kier molecular flexibility index (Phi) is 7.67. The minimum Gasteiger partial charge on any atom is -0.377 e. The van der Waals surface area contributed by atoms with Crippen LogP contribution in [0.5, 0.6) is 0 Å². The molecule has 0 aliphatic heterocycles. The zero-order valence-corrected chi connectivity index (χ0v) is 13.6. The molecular formula is C13H20O6P2. The predicted octanol–water partition coefficient (Wildman–Crippen LogP) is 3.14. The molecule has 6 nitrogen and oxygen atoms in total. The number of hydrogen-bond acceptors (Lipinski definition) is 4. The van der Waals surface area contributed by atoms with Crippen molar-refractivity contribution in [1.29, 1.82) is 0 Å². The molecule has 118 valence electrons. The van der Waals surface area contributed by atoms with Crippen LogP contribution in [0.25, 0.3) is 0 Å². The summed E-state index contributed by atoms with van der Waals surface area (Å²) in [6.07, 6.45) is 0.304. The molecule has 1 unspecified atom stereocenters. The molecule has 0 spiro atoms. The van der Waals surface area contributed by atoms with Crippen LogP contribution in [0.2, 0.25) is 0 Å². The van der Waals surface area contributed by atoms with Crippen LogP contribution >= 0.6 is 16.1 Å². The average Bonchev–Trinajstić information content (AvgIpc) is 2.45. The zero-order valence-electron chi connectivity index (χ0n) is 11.8. The molecule has 1 aromatic rings. The van der Waals surface area contributed by atoms with E-state index in [1.165, 1.54) is 0 Å². The van der Waals surface area contributed by atoms with Gasteiger partial charge in [0.25, 0.3) is 0 Å². The molecule has 0 saturated carbocycles. The molecule has 0 aliphatic carbocycles. The van der Waals surface area contributed by atoms with Crippen LogP contribution in [0, 0.1) is 0 Å². The molecule has 0 heterocycles. The lowest BCUT2D eigenvalue weighted by Crippen LogP contribution is -2.26. The number of ether oxygens (including phenoxy) is 2. The Morgan fingerprint density at radius 3 is 2.48 bits per heavy atom. The molecule has 0 fully saturated rings. The van der Waals surface area contributed by atoms with Gasteiger partial charge in [0.15, 0.2) is 0 Å². The maximum absolute atomic E-state index is 11.5. The molecule has 0 radical (unpaired) electrons. The number of rotatable bonds is 10. The summed E-state index contributed by atoms with van der Waals surface area (Å²) in [6, 6.07) is 9.58. The Morgan fingerprint density at radius 2 is 1.95 bits per heavy atom. The van der Waals surface area contributed by atoms with Gasteiger partial charge in [0.05, 0.1) is 6.61 Å². The standard InChI is InChI=1S/C13H20O6P2/c1-2-19-13(20-14,21(15,16)17)9-6-10-18-11-12-7-4-3-5-8-12/h3-5,7-8H,2,6,9-11H2,1H3,(H2,15,16,17). The van der Waals surface area contributed by atoms with E-state index in [-0.39, 0.29) is 13.0 Å². The molecule has 1 aromatic carbocycles. The Balaban J connectivity index is 2.44. The van der Waals surface area contributed by atoms with Crippen molar-refractivity contribution in [3.63, 3.8) is 0 Å². The van der Waals surface area contributed by atoms with E-state index in [9.17, 15) is 18.9 Å². The van der Waals surface area contributed by atoms with Crippen molar-refractivity contribution in [2.45, 2.75) is 31.5 Å². The zero-order chi connectivity index (χ0) is 15.8. The minimum absolute atomic E-state index is 0.0367. The van der Waals surface area contributed by atoms with Crippen LogP contribution in [0.4, 0.5) is 0 Å². The smallest absolute Gasteiger partial charge is 0.369 e. The van der Waals surface area contributed by atoms with E-state index in [4.69, 9.17) is 9.47 Å². The van der Waals surface area contributed by atoms with E-state index in [0.717, 1.165) is 5.56 Å². The van der Waals surface area contributed by atoms with Crippen molar-refractivity contribution in [2.75, 3.05) is 13.2 Å². The van der Waals surface area contributed by atoms with Gasteiger partial charge in [-0.05, 0) is 18.9 Å². The third kappa shape index (κ3) is 5.59. The second-order valence-corrected chi connectivity index (χ2v) is 7.52. The fourth-order valence-corrected chi connectivity index (χ4v) is 3.43. The normalized spacial score (nSPS) is 15.0. The van der Waals surface area contributed by atoms with Crippen LogP contribution in [-0.4, -0.2) is 28.1 Å². The second kappa shape index (κ2) is 8.74. The first-order chi connectivity index (χ1) is 9.95. The van der Waals surface area contributed by atoms with Gasteiger partial charge in [-0.15, -0.1) is 0 Å². The lowest BCUT2D eigenvalue weighted by molar-refractivity contribution is 0.0478. The van der Waals surface area contributed by atoms with E-state index < -0.39 is 21.1 Å². The van der Waals surface area contributed by atoms with Gasteiger partial charge in [0, 0.05) is 19.6 Å². The van der Waals surface area contributed by atoms with Gasteiger partial charge in [-0.1, -0.05) is 30.3 Å². The summed E-state index contributed by atoms with van der Waals surface area (Å²) < 4.78 is 33.2. The van der Waals surface area contributed by atoms with Gasteiger partial charge in [-0.25, -0.2) is 0 Å². The molecule has 0 amide bonds. The Labute approximate surface area is 125 Å². The highest BCUT2D eigenvalue weighted by atomic mass is 31.2. The van der Waals surface area contributed by atoms with Gasteiger partial charge >= 0.3 is 7.60 Å². The summed E-state index contributed by atoms with van der Waals surface area (Å²) in [7, 11) is -5.34. The number of benzene rings is 1. The maximum Gasteiger partial charge on any atom is 0.369 e. The molecular weight excluding hydrogens is 314 g/mol. The third-order valence-electron chi connectivity index (χ3n) is 2.88. The fraction of sp³-hybridized carbons (Fsp3) is 0.538. The highest BCUT2D eigenvalue weighted by Crippen LogP contribution is 2.59. The second-order valence-electron chi connectivity index (χ2n) is 4.45. The summed E-state index contributed by atoms with van der Waals surface area (Å²) >= 11 is 0. The summed E-state index contributed by atoms with van der Waals surface area (Å²) in [6.45, 7) is 2.40. The molecule has 8 heteroatoms. The summed E-state index contributed by atoms with van der Waals surface area (Å²) in [5, 5.41) is -1.96. The van der Waals surface area contributed by atoms with Gasteiger partial charge in [-0.3, -0.25) is 9.13 Å². The quantitative estimate of drug-likeness (QED) is 0.504. The molecule has 0 saturated heterocycles. The third-order valence-corrected chi connectivity index (χ3v) is 5.80. The summed E-state index contributed by atoms with van der Waals surface area (Å²) in [4.78, 5) is 18.7. The Bertz CT molecular complexity index is 475. The van der Waals surface area contributed by atoms with E-state index in [1.807, 2.05) is 30.3 Å². The topological polar surface area (TPSA) is 93.1 Å². The van der Waals surface area contributed by atoms with E-state index >= 15 is 0 Å². The van der Waals surface area contributed by atoms with Crippen LogP contribution < -0.4 is 0 Å².